The van der Waals surface area contributed by atoms with Crippen molar-refractivity contribution in [2.45, 2.75) is 19.3 Å². The second kappa shape index (κ2) is 7.77. The van der Waals surface area contributed by atoms with Crippen LogP contribution in [0.4, 0.5) is 5.69 Å². The molecule has 0 aliphatic carbocycles. The van der Waals surface area contributed by atoms with Crippen molar-refractivity contribution in [1.82, 2.24) is 5.32 Å². The highest BCUT2D eigenvalue weighted by atomic mass is 35.5. The fourth-order valence-corrected chi connectivity index (χ4v) is 2.12. The van der Waals surface area contributed by atoms with Crippen molar-refractivity contribution in [1.29, 1.82) is 0 Å². The van der Waals surface area contributed by atoms with Crippen molar-refractivity contribution in [3.8, 4) is 0 Å². The molecular formula is C12H20Cl2N2. The number of para-hydroxylation sites is 1. The van der Waals surface area contributed by atoms with E-state index in [-0.39, 0.29) is 24.8 Å². The van der Waals surface area contributed by atoms with Crippen LogP contribution in [-0.2, 0) is 6.42 Å². The first-order chi connectivity index (χ1) is 6.86. The van der Waals surface area contributed by atoms with E-state index in [2.05, 4.69) is 17.4 Å². The highest BCUT2D eigenvalue weighted by molar-refractivity contribution is 5.85. The highest BCUT2D eigenvalue weighted by Gasteiger charge is 2.14. The molecule has 0 amide bonds. The Morgan fingerprint density at radius 1 is 1.12 bits per heavy atom. The number of nitrogen functional groups attached to an aromatic ring is 1. The first kappa shape index (κ1) is 15.6. The van der Waals surface area contributed by atoms with Gasteiger partial charge < -0.3 is 11.1 Å². The third kappa shape index (κ3) is 4.20. The maximum absolute atomic E-state index is 5.92. The fraction of sp³-hybridized carbons (Fsp3) is 0.500. The number of nitrogens with two attached hydrogens (primary N) is 1. The Labute approximate surface area is 110 Å². The molecule has 1 aliphatic heterocycles. The fourth-order valence-electron chi connectivity index (χ4n) is 2.12. The van der Waals surface area contributed by atoms with Crippen molar-refractivity contribution < 1.29 is 0 Å². The summed E-state index contributed by atoms with van der Waals surface area (Å²) in [5.41, 5.74) is 8.19. The van der Waals surface area contributed by atoms with Crippen LogP contribution in [0.5, 0.6) is 0 Å². The molecular weight excluding hydrogens is 243 g/mol. The van der Waals surface area contributed by atoms with Crippen LogP contribution in [0.15, 0.2) is 24.3 Å². The van der Waals surface area contributed by atoms with Gasteiger partial charge in [-0.2, -0.15) is 0 Å². The second-order valence-corrected chi connectivity index (χ2v) is 4.10. The average Bonchev–Trinajstić information content (AvgIpc) is 2.23. The summed E-state index contributed by atoms with van der Waals surface area (Å²) in [4.78, 5) is 0. The number of anilines is 1. The molecule has 2 nitrogen and oxygen atoms in total. The van der Waals surface area contributed by atoms with Gasteiger partial charge in [0.2, 0.25) is 0 Å². The summed E-state index contributed by atoms with van der Waals surface area (Å²) < 4.78 is 0. The van der Waals surface area contributed by atoms with E-state index in [1.165, 1.54) is 18.4 Å². The lowest BCUT2D eigenvalue weighted by atomic mass is 9.90. The number of piperidine rings is 1. The molecule has 0 bridgehead atoms. The van der Waals surface area contributed by atoms with Gasteiger partial charge >= 0.3 is 0 Å². The van der Waals surface area contributed by atoms with Gasteiger partial charge in [-0.25, -0.2) is 0 Å². The number of nitrogens with one attached hydrogen (secondary N) is 1. The predicted octanol–water partition coefficient (Wildman–Crippen LogP) is 2.65. The first-order valence-corrected chi connectivity index (χ1v) is 5.40. The molecule has 1 saturated heterocycles. The highest BCUT2D eigenvalue weighted by Crippen LogP contribution is 2.21. The Kier molecular flexibility index (Phi) is 7.56. The molecule has 0 aromatic heterocycles. The van der Waals surface area contributed by atoms with Gasteiger partial charge in [0, 0.05) is 5.69 Å². The summed E-state index contributed by atoms with van der Waals surface area (Å²) in [6.45, 7) is 2.33. The first-order valence-electron chi connectivity index (χ1n) is 5.40. The number of rotatable bonds is 2. The molecule has 0 atom stereocenters. The zero-order valence-corrected chi connectivity index (χ0v) is 10.9. The topological polar surface area (TPSA) is 38.0 Å². The number of hydrogen-bond donors (Lipinski definition) is 2. The van der Waals surface area contributed by atoms with Gasteiger partial charge in [0.25, 0.3) is 0 Å². The Morgan fingerprint density at radius 3 is 2.38 bits per heavy atom. The van der Waals surface area contributed by atoms with Gasteiger partial charge in [-0.1, -0.05) is 18.2 Å². The van der Waals surface area contributed by atoms with Crippen LogP contribution in [0, 0.1) is 5.92 Å². The zero-order chi connectivity index (χ0) is 9.80. The standard InChI is InChI=1S/C12H18N2.2ClH/c13-12-4-2-1-3-11(12)9-10-5-7-14-8-6-10;;/h1-4,10,14H,5-9,13H2;2*1H. The summed E-state index contributed by atoms with van der Waals surface area (Å²) in [5.74, 6) is 0.820. The van der Waals surface area contributed by atoms with Crippen LogP contribution in [0.3, 0.4) is 0 Å². The summed E-state index contributed by atoms with van der Waals surface area (Å²) in [5, 5.41) is 3.38. The second-order valence-electron chi connectivity index (χ2n) is 4.10. The molecule has 1 aromatic carbocycles. The minimum absolute atomic E-state index is 0. The van der Waals surface area contributed by atoms with Crippen molar-refractivity contribution >= 4 is 30.5 Å². The minimum Gasteiger partial charge on any atom is -0.399 e. The molecule has 0 unspecified atom stereocenters. The average molecular weight is 263 g/mol. The molecule has 1 fully saturated rings. The molecule has 1 aliphatic rings. The van der Waals surface area contributed by atoms with Crippen molar-refractivity contribution in [3.63, 3.8) is 0 Å². The SMILES string of the molecule is Cl.Cl.Nc1ccccc1CC1CCNCC1. The third-order valence-corrected chi connectivity index (χ3v) is 3.02. The van der Waals surface area contributed by atoms with E-state index in [9.17, 15) is 0 Å². The lowest BCUT2D eigenvalue weighted by Gasteiger charge is -2.23. The maximum atomic E-state index is 5.92. The monoisotopic (exact) mass is 262 g/mol. The molecule has 2 rings (SSSR count). The number of benzene rings is 1. The zero-order valence-electron chi connectivity index (χ0n) is 9.32. The lowest BCUT2D eigenvalue weighted by Crippen LogP contribution is -2.28. The molecule has 0 radical (unpaired) electrons. The Bertz CT molecular complexity index is 299. The van der Waals surface area contributed by atoms with E-state index in [0.29, 0.717) is 0 Å². The lowest BCUT2D eigenvalue weighted by molar-refractivity contribution is 0.373. The van der Waals surface area contributed by atoms with Crippen molar-refractivity contribution in [2.75, 3.05) is 18.8 Å². The molecule has 4 heteroatoms. The molecule has 3 N–H and O–H groups in total. The summed E-state index contributed by atoms with van der Waals surface area (Å²) >= 11 is 0. The smallest absolute Gasteiger partial charge is 0.0346 e. The molecule has 1 heterocycles. The van der Waals surface area contributed by atoms with E-state index in [1.807, 2.05) is 12.1 Å². The molecule has 0 spiro atoms. The number of halogens is 2. The normalized spacial score (nSPS) is 16.0. The van der Waals surface area contributed by atoms with Gasteiger partial charge in [0.15, 0.2) is 0 Å². The third-order valence-electron chi connectivity index (χ3n) is 3.02. The van der Waals surface area contributed by atoms with Gasteiger partial charge in [-0.15, -0.1) is 24.8 Å². The Morgan fingerprint density at radius 2 is 1.75 bits per heavy atom. The summed E-state index contributed by atoms with van der Waals surface area (Å²) in [7, 11) is 0. The Balaban J connectivity index is 0.00000112. The molecule has 1 aromatic rings. The summed E-state index contributed by atoms with van der Waals surface area (Å²) in [6.07, 6.45) is 3.72. The van der Waals surface area contributed by atoms with Gasteiger partial charge in [0.1, 0.15) is 0 Å². The van der Waals surface area contributed by atoms with Crippen LogP contribution in [0.25, 0.3) is 0 Å². The minimum atomic E-state index is 0. The maximum Gasteiger partial charge on any atom is 0.0346 e. The summed E-state index contributed by atoms with van der Waals surface area (Å²) in [6, 6.07) is 8.22. The van der Waals surface area contributed by atoms with E-state index < -0.39 is 0 Å². The predicted molar refractivity (Wildman–Crippen MR) is 74.6 cm³/mol. The largest absolute Gasteiger partial charge is 0.399 e. The van der Waals surface area contributed by atoms with Gasteiger partial charge in [0.05, 0.1) is 0 Å². The van der Waals surface area contributed by atoms with Crippen LogP contribution >= 0.6 is 24.8 Å². The van der Waals surface area contributed by atoms with E-state index in [0.717, 1.165) is 31.1 Å². The van der Waals surface area contributed by atoms with Crippen LogP contribution in [0.2, 0.25) is 0 Å². The van der Waals surface area contributed by atoms with Crippen LogP contribution < -0.4 is 11.1 Å². The van der Waals surface area contributed by atoms with E-state index in [1.54, 1.807) is 0 Å². The van der Waals surface area contributed by atoms with Crippen LogP contribution in [-0.4, -0.2) is 13.1 Å². The van der Waals surface area contributed by atoms with Gasteiger partial charge in [-0.3, -0.25) is 0 Å². The quantitative estimate of drug-likeness (QED) is 0.805. The van der Waals surface area contributed by atoms with E-state index in [4.69, 9.17) is 5.73 Å². The van der Waals surface area contributed by atoms with Crippen LogP contribution in [0.1, 0.15) is 18.4 Å². The number of hydrogen-bond acceptors (Lipinski definition) is 2. The van der Waals surface area contributed by atoms with Crippen molar-refractivity contribution in [2.24, 2.45) is 5.92 Å². The molecule has 16 heavy (non-hydrogen) atoms. The van der Waals surface area contributed by atoms with E-state index >= 15 is 0 Å². The van der Waals surface area contributed by atoms with Crippen molar-refractivity contribution in [3.05, 3.63) is 29.8 Å². The van der Waals surface area contributed by atoms with Gasteiger partial charge in [-0.05, 0) is 49.9 Å². The molecule has 92 valence electrons. The molecule has 0 saturated carbocycles. The Hall–Kier alpha value is -0.440.